The fourth-order valence-electron chi connectivity index (χ4n) is 0.638. The zero-order valence-corrected chi connectivity index (χ0v) is 8.05. The van der Waals surface area contributed by atoms with Gasteiger partial charge in [-0.15, -0.1) is 0 Å². The Labute approximate surface area is 74.0 Å². The van der Waals surface area contributed by atoms with Crippen molar-refractivity contribution in [3.8, 4) is 0 Å². The Bertz CT molecular complexity index is 175. The molecule has 3 heteroatoms. The molecule has 0 aliphatic carbocycles. The number of hydrogen-bond donors (Lipinski definition) is 2. The van der Waals surface area contributed by atoms with E-state index in [0.29, 0.717) is 6.54 Å². The quantitative estimate of drug-likeness (QED) is 0.609. The molecule has 70 valence electrons. The summed E-state index contributed by atoms with van der Waals surface area (Å²) >= 11 is 0. The van der Waals surface area contributed by atoms with Gasteiger partial charge >= 0.3 is 0 Å². The van der Waals surface area contributed by atoms with E-state index in [9.17, 15) is 4.79 Å². The summed E-state index contributed by atoms with van der Waals surface area (Å²) in [7, 11) is 0. The molecule has 0 aromatic carbocycles. The molecule has 0 fully saturated rings. The monoisotopic (exact) mass is 170 g/mol. The number of nitrogens with two attached hydrogens (primary N) is 1. The van der Waals surface area contributed by atoms with Crippen molar-refractivity contribution in [1.29, 1.82) is 0 Å². The summed E-state index contributed by atoms with van der Waals surface area (Å²) in [4.78, 5) is 11.3. The van der Waals surface area contributed by atoms with E-state index in [0.717, 1.165) is 5.57 Å². The van der Waals surface area contributed by atoms with Gasteiger partial charge in [0.25, 0.3) is 0 Å². The van der Waals surface area contributed by atoms with Crippen molar-refractivity contribution < 1.29 is 4.79 Å². The second-order valence-corrected chi connectivity index (χ2v) is 3.32. The zero-order valence-electron chi connectivity index (χ0n) is 8.05. The van der Waals surface area contributed by atoms with Crippen LogP contribution in [0.3, 0.4) is 0 Å². The van der Waals surface area contributed by atoms with Crippen LogP contribution in [0.2, 0.25) is 0 Å². The van der Waals surface area contributed by atoms with Crippen LogP contribution in [0.1, 0.15) is 20.8 Å². The van der Waals surface area contributed by atoms with Crippen molar-refractivity contribution >= 4 is 5.91 Å². The van der Waals surface area contributed by atoms with Crippen LogP contribution in [0.4, 0.5) is 0 Å². The van der Waals surface area contributed by atoms with Gasteiger partial charge in [0.15, 0.2) is 0 Å². The molecule has 3 N–H and O–H groups in total. The Kier molecular flexibility index (Phi) is 4.59. The van der Waals surface area contributed by atoms with E-state index in [1.807, 2.05) is 20.8 Å². The molecule has 0 aliphatic rings. The van der Waals surface area contributed by atoms with Crippen molar-refractivity contribution in [3.05, 3.63) is 12.2 Å². The van der Waals surface area contributed by atoms with E-state index in [1.165, 1.54) is 0 Å². The van der Waals surface area contributed by atoms with Crippen LogP contribution in [-0.4, -0.2) is 18.5 Å². The molecular formula is C9H18N2O. The summed E-state index contributed by atoms with van der Waals surface area (Å²) in [5, 5.41) is 2.74. The fraction of sp³-hybridized carbons (Fsp3) is 0.667. The van der Waals surface area contributed by atoms with Gasteiger partial charge in [0.05, 0.1) is 0 Å². The fourth-order valence-corrected chi connectivity index (χ4v) is 0.638. The van der Waals surface area contributed by atoms with E-state index >= 15 is 0 Å². The first-order valence-corrected chi connectivity index (χ1v) is 4.12. The lowest BCUT2D eigenvalue weighted by molar-refractivity contribution is -0.124. The molecule has 0 radical (unpaired) electrons. The molecule has 0 saturated carbocycles. The van der Waals surface area contributed by atoms with Crippen LogP contribution in [0.5, 0.6) is 0 Å². The Hall–Kier alpha value is -0.830. The maximum absolute atomic E-state index is 11.3. The predicted octanol–water partition coefficient (Wildman–Crippen LogP) is 0.662. The lowest BCUT2D eigenvalue weighted by Gasteiger charge is -2.14. The van der Waals surface area contributed by atoms with Gasteiger partial charge in [0.2, 0.25) is 5.91 Å². The molecule has 2 unspecified atom stereocenters. The molecule has 0 bridgehead atoms. The van der Waals surface area contributed by atoms with Crippen molar-refractivity contribution in [2.75, 3.05) is 6.54 Å². The van der Waals surface area contributed by atoms with Crippen LogP contribution >= 0.6 is 0 Å². The topological polar surface area (TPSA) is 55.1 Å². The minimum absolute atomic E-state index is 0.00648. The first kappa shape index (κ1) is 11.2. The highest BCUT2D eigenvalue weighted by molar-refractivity contribution is 5.79. The number of carbonyl (C=O) groups is 1. The van der Waals surface area contributed by atoms with Gasteiger partial charge < -0.3 is 11.1 Å². The van der Waals surface area contributed by atoms with Gasteiger partial charge in [-0.2, -0.15) is 0 Å². The van der Waals surface area contributed by atoms with E-state index in [1.54, 1.807) is 0 Å². The molecule has 1 amide bonds. The minimum atomic E-state index is -0.135. The highest BCUT2D eigenvalue weighted by Gasteiger charge is 2.15. The summed E-state index contributed by atoms with van der Waals surface area (Å²) in [5.74, 6) is -0.141. The molecule has 0 spiro atoms. The molecule has 0 aliphatic heterocycles. The molecule has 0 aromatic rings. The van der Waals surface area contributed by atoms with Gasteiger partial charge in [0.1, 0.15) is 0 Å². The predicted molar refractivity (Wildman–Crippen MR) is 50.6 cm³/mol. The largest absolute Gasteiger partial charge is 0.352 e. The average Bonchev–Trinajstić information content (AvgIpc) is 1.98. The van der Waals surface area contributed by atoms with Gasteiger partial charge in [0, 0.05) is 18.5 Å². The molecule has 2 atom stereocenters. The standard InChI is InChI=1S/C9H18N2O/c1-6(2)5-11-9(12)7(3)8(4)10/h7-8H,1,5,10H2,2-4H3,(H,11,12). The minimum Gasteiger partial charge on any atom is -0.352 e. The zero-order chi connectivity index (χ0) is 9.72. The van der Waals surface area contributed by atoms with Crippen molar-refractivity contribution in [1.82, 2.24) is 5.32 Å². The highest BCUT2D eigenvalue weighted by atomic mass is 16.1. The maximum Gasteiger partial charge on any atom is 0.224 e. The first-order valence-electron chi connectivity index (χ1n) is 4.12. The Morgan fingerprint density at radius 2 is 2.08 bits per heavy atom. The molecular weight excluding hydrogens is 152 g/mol. The number of nitrogens with one attached hydrogen (secondary N) is 1. The third-order valence-corrected chi connectivity index (χ3v) is 1.77. The number of hydrogen-bond acceptors (Lipinski definition) is 2. The molecule has 0 heterocycles. The van der Waals surface area contributed by atoms with E-state index in [-0.39, 0.29) is 17.9 Å². The van der Waals surface area contributed by atoms with Crippen LogP contribution < -0.4 is 11.1 Å². The lowest BCUT2D eigenvalue weighted by atomic mass is 10.0. The summed E-state index contributed by atoms with van der Waals surface area (Å²) in [5.41, 5.74) is 6.50. The van der Waals surface area contributed by atoms with E-state index in [4.69, 9.17) is 5.73 Å². The SMILES string of the molecule is C=C(C)CNC(=O)C(C)C(C)N. The summed E-state index contributed by atoms with van der Waals surface area (Å²) in [6.45, 7) is 9.74. The van der Waals surface area contributed by atoms with Gasteiger partial charge in [-0.1, -0.05) is 19.1 Å². The molecule has 0 saturated heterocycles. The Balaban J connectivity index is 3.80. The van der Waals surface area contributed by atoms with E-state index in [2.05, 4.69) is 11.9 Å². The third kappa shape index (κ3) is 4.13. The van der Waals surface area contributed by atoms with Crippen LogP contribution in [0, 0.1) is 5.92 Å². The normalized spacial score (nSPS) is 15.0. The van der Waals surface area contributed by atoms with Crippen LogP contribution in [0.25, 0.3) is 0 Å². The smallest absolute Gasteiger partial charge is 0.224 e. The Morgan fingerprint density at radius 1 is 1.58 bits per heavy atom. The summed E-state index contributed by atoms with van der Waals surface area (Å²) in [6.07, 6.45) is 0. The van der Waals surface area contributed by atoms with Crippen molar-refractivity contribution in [3.63, 3.8) is 0 Å². The first-order chi connectivity index (χ1) is 5.45. The second kappa shape index (κ2) is 4.93. The second-order valence-electron chi connectivity index (χ2n) is 3.32. The number of rotatable bonds is 4. The number of amides is 1. The molecule has 0 aromatic heterocycles. The maximum atomic E-state index is 11.3. The van der Waals surface area contributed by atoms with Gasteiger partial charge in [-0.3, -0.25) is 4.79 Å². The lowest BCUT2D eigenvalue weighted by Crippen LogP contribution is -2.39. The molecule has 3 nitrogen and oxygen atoms in total. The number of carbonyl (C=O) groups excluding carboxylic acids is 1. The van der Waals surface area contributed by atoms with E-state index < -0.39 is 0 Å². The summed E-state index contributed by atoms with van der Waals surface area (Å²) in [6, 6.07) is -0.102. The highest BCUT2D eigenvalue weighted by Crippen LogP contribution is 1.99. The Morgan fingerprint density at radius 3 is 2.42 bits per heavy atom. The molecule has 12 heavy (non-hydrogen) atoms. The van der Waals surface area contributed by atoms with Gasteiger partial charge in [-0.25, -0.2) is 0 Å². The van der Waals surface area contributed by atoms with Crippen LogP contribution in [0.15, 0.2) is 12.2 Å². The average molecular weight is 170 g/mol. The van der Waals surface area contributed by atoms with Crippen LogP contribution in [-0.2, 0) is 4.79 Å². The van der Waals surface area contributed by atoms with Crippen molar-refractivity contribution in [2.45, 2.75) is 26.8 Å². The summed E-state index contributed by atoms with van der Waals surface area (Å²) < 4.78 is 0. The third-order valence-electron chi connectivity index (χ3n) is 1.77. The van der Waals surface area contributed by atoms with Crippen molar-refractivity contribution in [2.24, 2.45) is 11.7 Å². The van der Waals surface area contributed by atoms with Gasteiger partial charge in [-0.05, 0) is 13.8 Å². The molecule has 0 rings (SSSR count).